The van der Waals surface area contributed by atoms with Gasteiger partial charge in [-0.05, 0) is 43.2 Å². The van der Waals surface area contributed by atoms with Crippen LogP contribution in [0.5, 0.6) is 0 Å². The van der Waals surface area contributed by atoms with Gasteiger partial charge in [0, 0.05) is 38.1 Å². The number of pyridine rings is 1. The Balaban J connectivity index is 1.52. The maximum atomic E-state index is 12.6. The second-order valence-corrected chi connectivity index (χ2v) is 7.01. The summed E-state index contributed by atoms with van der Waals surface area (Å²) in [6.45, 7) is 7.43. The van der Waals surface area contributed by atoms with Crippen LogP contribution in [0.1, 0.15) is 19.4 Å². The highest BCUT2D eigenvalue weighted by atomic mass is 35.5. The first-order chi connectivity index (χ1) is 12.6. The molecule has 6 heteroatoms. The maximum Gasteiger partial charge on any atom is 0.241 e. The van der Waals surface area contributed by atoms with Crippen molar-refractivity contribution >= 4 is 29.0 Å². The smallest absolute Gasteiger partial charge is 0.241 e. The fourth-order valence-electron chi connectivity index (χ4n) is 3.13. The second-order valence-electron chi connectivity index (χ2n) is 6.57. The number of amides is 1. The molecule has 1 aliphatic rings. The van der Waals surface area contributed by atoms with E-state index in [9.17, 15) is 4.79 Å². The lowest BCUT2D eigenvalue weighted by Crippen LogP contribution is -2.53. The molecule has 0 saturated carbocycles. The summed E-state index contributed by atoms with van der Waals surface area (Å²) >= 11 is 5.90. The molecule has 138 valence electrons. The molecule has 0 radical (unpaired) electrons. The number of piperazine rings is 1. The zero-order valence-corrected chi connectivity index (χ0v) is 16.0. The van der Waals surface area contributed by atoms with Crippen molar-refractivity contribution in [2.24, 2.45) is 0 Å². The van der Waals surface area contributed by atoms with E-state index in [0.717, 1.165) is 44.1 Å². The van der Waals surface area contributed by atoms with Crippen molar-refractivity contribution in [2.75, 3.05) is 36.4 Å². The average molecular weight is 373 g/mol. The van der Waals surface area contributed by atoms with Gasteiger partial charge in [-0.3, -0.25) is 9.69 Å². The van der Waals surface area contributed by atoms with Gasteiger partial charge in [0.1, 0.15) is 5.82 Å². The van der Waals surface area contributed by atoms with Gasteiger partial charge in [-0.25, -0.2) is 4.98 Å². The third-order valence-corrected chi connectivity index (χ3v) is 5.13. The fourth-order valence-corrected chi connectivity index (χ4v) is 3.24. The van der Waals surface area contributed by atoms with E-state index < -0.39 is 0 Å². The third-order valence-electron chi connectivity index (χ3n) is 4.91. The number of nitrogens with one attached hydrogen (secondary N) is 1. The van der Waals surface area contributed by atoms with Crippen molar-refractivity contribution in [3.8, 4) is 0 Å². The number of carbonyl (C=O) groups excluding carboxylic acids is 1. The Kier molecular flexibility index (Phi) is 6.12. The number of hydrogen-bond donors (Lipinski definition) is 1. The van der Waals surface area contributed by atoms with Gasteiger partial charge in [-0.1, -0.05) is 30.7 Å². The van der Waals surface area contributed by atoms with Crippen LogP contribution >= 0.6 is 11.6 Å². The standard InChI is InChI=1S/C20H25ClN4O/c1-3-16-4-7-18(8-5-16)23-20(26)15(2)24-10-12-25(13-11-24)19-9-6-17(21)14-22-19/h4-9,14-15H,3,10-13H2,1-2H3,(H,23,26). The summed E-state index contributed by atoms with van der Waals surface area (Å²) < 4.78 is 0. The lowest BCUT2D eigenvalue weighted by molar-refractivity contribution is -0.120. The topological polar surface area (TPSA) is 48.5 Å². The average Bonchev–Trinajstić information content (AvgIpc) is 2.69. The summed E-state index contributed by atoms with van der Waals surface area (Å²) in [6, 6.07) is 11.7. The molecule has 1 atom stereocenters. The Morgan fingerprint density at radius 3 is 2.42 bits per heavy atom. The fraction of sp³-hybridized carbons (Fsp3) is 0.400. The molecule has 1 fully saturated rings. The van der Waals surface area contributed by atoms with Crippen molar-refractivity contribution in [3.63, 3.8) is 0 Å². The molecule has 1 saturated heterocycles. The van der Waals surface area contributed by atoms with Crippen molar-refractivity contribution in [1.82, 2.24) is 9.88 Å². The molecule has 2 heterocycles. The number of hydrogen-bond acceptors (Lipinski definition) is 4. The first kappa shape index (κ1) is 18.7. The molecule has 1 aromatic carbocycles. The predicted molar refractivity (Wildman–Crippen MR) is 107 cm³/mol. The van der Waals surface area contributed by atoms with Crippen LogP contribution in [0.4, 0.5) is 11.5 Å². The van der Waals surface area contributed by atoms with Crippen LogP contribution in [0.3, 0.4) is 0 Å². The molecule has 2 aromatic rings. The van der Waals surface area contributed by atoms with Crippen LogP contribution in [-0.4, -0.2) is 48.0 Å². The first-order valence-corrected chi connectivity index (χ1v) is 9.45. The zero-order valence-electron chi connectivity index (χ0n) is 15.3. The molecule has 1 amide bonds. The highest BCUT2D eigenvalue weighted by Crippen LogP contribution is 2.18. The van der Waals surface area contributed by atoms with E-state index in [4.69, 9.17) is 11.6 Å². The summed E-state index contributed by atoms with van der Waals surface area (Å²) in [5, 5.41) is 3.66. The number of aromatic nitrogens is 1. The maximum absolute atomic E-state index is 12.6. The van der Waals surface area contributed by atoms with Gasteiger partial charge in [0.15, 0.2) is 0 Å². The number of carbonyl (C=O) groups is 1. The summed E-state index contributed by atoms with van der Waals surface area (Å²) in [5.41, 5.74) is 2.12. The summed E-state index contributed by atoms with van der Waals surface area (Å²) in [5.74, 6) is 0.967. The monoisotopic (exact) mass is 372 g/mol. The minimum atomic E-state index is -0.166. The molecule has 3 rings (SSSR count). The van der Waals surface area contributed by atoms with Crippen molar-refractivity contribution in [3.05, 3.63) is 53.2 Å². The molecule has 1 aromatic heterocycles. The normalized spacial score (nSPS) is 16.3. The number of anilines is 2. The number of aryl methyl sites for hydroxylation is 1. The quantitative estimate of drug-likeness (QED) is 0.873. The molecule has 1 unspecified atom stereocenters. The van der Waals surface area contributed by atoms with E-state index in [1.165, 1.54) is 5.56 Å². The summed E-state index contributed by atoms with van der Waals surface area (Å²) in [4.78, 5) is 21.4. The molecule has 26 heavy (non-hydrogen) atoms. The largest absolute Gasteiger partial charge is 0.354 e. The number of halogens is 1. The van der Waals surface area contributed by atoms with Gasteiger partial charge in [-0.15, -0.1) is 0 Å². The van der Waals surface area contributed by atoms with E-state index >= 15 is 0 Å². The molecule has 1 N–H and O–H groups in total. The van der Waals surface area contributed by atoms with Gasteiger partial charge in [0.05, 0.1) is 11.1 Å². The van der Waals surface area contributed by atoms with E-state index in [2.05, 4.69) is 39.2 Å². The second kappa shape index (κ2) is 8.52. The number of rotatable bonds is 5. The van der Waals surface area contributed by atoms with Crippen LogP contribution < -0.4 is 10.2 Å². The molecule has 5 nitrogen and oxygen atoms in total. The summed E-state index contributed by atoms with van der Waals surface area (Å²) in [6.07, 6.45) is 2.67. The Bertz CT molecular complexity index is 724. The Labute approximate surface area is 160 Å². The first-order valence-electron chi connectivity index (χ1n) is 9.07. The molecule has 1 aliphatic heterocycles. The van der Waals surface area contributed by atoms with E-state index in [0.29, 0.717) is 5.02 Å². The lowest BCUT2D eigenvalue weighted by atomic mass is 10.1. The Hall–Kier alpha value is -2.11. The Morgan fingerprint density at radius 1 is 1.15 bits per heavy atom. The molecular formula is C20H25ClN4O. The number of benzene rings is 1. The minimum absolute atomic E-state index is 0.0346. The van der Waals surface area contributed by atoms with Crippen LogP contribution in [-0.2, 0) is 11.2 Å². The Morgan fingerprint density at radius 2 is 1.85 bits per heavy atom. The third kappa shape index (κ3) is 4.54. The van der Waals surface area contributed by atoms with Crippen molar-refractivity contribution in [2.45, 2.75) is 26.3 Å². The van der Waals surface area contributed by atoms with Crippen LogP contribution in [0.25, 0.3) is 0 Å². The highest BCUT2D eigenvalue weighted by Gasteiger charge is 2.26. The molecule has 0 bridgehead atoms. The zero-order chi connectivity index (χ0) is 18.5. The van der Waals surface area contributed by atoms with Gasteiger partial charge >= 0.3 is 0 Å². The highest BCUT2D eigenvalue weighted by molar-refractivity contribution is 6.30. The van der Waals surface area contributed by atoms with E-state index in [-0.39, 0.29) is 11.9 Å². The van der Waals surface area contributed by atoms with E-state index in [1.807, 2.05) is 31.2 Å². The van der Waals surface area contributed by atoms with Gasteiger partial charge < -0.3 is 10.2 Å². The minimum Gasteiger partial charge on any atom is -0.354 e. The van der Waals surface area contributed by atoms with Crippen molar-refractivity contribution in [1.29, 1.82) is 0 Å². The predicted octanol–water partition coefficient (Wildman–Crippen LogP) is 3.45. The molecule has 0 spiro atoms. The molecule has 0 aliphatic carbocycles. The van der Waals surface area contributed by atoms with E-state index in [1.54, 1.807) is 6.20 Å². The number of nitrogens with zero attached hydrogens (tertiary/aromatic N) is 3. The van der Waals surface area contributed by atoms with Gasteiger partial charge in [0.25, 0.3) is 0 Å². The van der Waals surface area contributed by atoms with Crippen LogP contribution in [0.15, 0.2) is 42.6 Å². The van der Waals surface area contributed by atoms with Gasteiger partial charge in [0.2, 0.25) is 5.91 Å². The lowest BCUT2D eigenvalue weighted by Gasteiger charge is -2.38. The molecular weight excluding hydrogens is 348 g/mol. The van der Waals surface area contributed by atoms with Crippen LogP contribution in [0, 0.1) is 0 Å². The SMILES string of the molecule is CCc1ccc(NC(=O)C(C)N2CCN(c3ccc(Cl)cn3)CC2)cc1. The summed E-state index contributed by atoms with van der Waals surface area (Å²) in [7, 11) is 0. The van der Waals surface area contributed by atoms with Gasteiger partial charge in [-0.2, -0.15) is 0 Å². The van der Waals surface area contributed by atoms with Crippen LogP contribution in [0.2, 0.25) is 5.02 Å². The van der Waals surface area contributed by atoms with Crippen molar-refractivity contribution < 1.29 is 4.79 Å².